The second-order valence-electron chi connectivity index (χ2n) is 4.69. The molecule has 1 aliphatic heterocycles. The summed E-state index contributed by atoms with van der Waals surface area (Å²) in [5, 5.41) is 0. The number of anilines is 1. The molecule has 2 N–H and O–H groups in total. The Hall–Kier alpha value is -1.60. The van der Waals surface area contributed by atoms with Crippen molar-refractivity contribution in [3.63, 3.8) is 0 Å². The van der Waals surface area contributed by atoms with Crippen molar-refractivity contribution in [1.82, 2.24) is 4.31 Å². The van der Waals surface area contributed by atoms with Gasteiger partial charge in [0.25, 0.3) is 0 Å². The number of nitrogens with two attached hydrogens (primary N) is 1. The molecule has 1 aliphatic rings. The molecule has 0 aromatic heterocycles. The van der Waals surface area contributed by atoms with Gasteiger partial charge in [-0.25, -0.2) is 12.7 Å². The highest BCUT2D eigenvalue weighted by atomic mass is 32.2. The van der Waals surface area contributed by atoms with Crippen LogP contribution in [0.2, 0.25) is 0 Å². The van der Waals surface area contributed by atoms with Gasteiger partial charge < -0.3 is 10.6 Å². The van der Waals surface area contributed by atoms with Gasteiger partial charge in [0.05, 0.1) is 12.2 Å². The Bertz CT molecular complexity index is 611. The predicted molar refractivity (Wildman–Crippen MR) is 72.4 cm³/mol. The van der Waals surface area contributed by atoms with E-state index < -0.39 is 15.9 Å². The normalized spacial score (nSPS) is 14.8. The molecule has 2 rings (SSSR count). The molecular formula is C12H17N3O3S. The minimum atomic E-state index is -3.53. The molecule has 0 atom stereocenters. The molecule has 1 aromatic rings. The third-order valence-electron chi connectivity index (χ3n) is 3.16. The first-order chi connectivity index (χ1) is 8.84. The molecule has 0 aliphatic carbocycles. The molecule has 19 heavy (non-hydrogen) atoms. The summed E-state index contributed by atoms with van der Waals surface area (Å²) in [5.41, 5.74) is 6.75. The predicted octanol–water partition coefficient (Wildman–Crippen LogP) is -0.215. The number of fused-ring (bicyclic) bond motifs is 1. The number of sulfonamides is 1. The molecule has 0 unspecified atom stereocenters. The molecule has 104 valence electrons. The average Bonchev–Trinajstić information content (AvgIpc) is 2.71. The van der Waals surface area contributed by atoms with Crippen LogP contribution in [0.1, 0.15) is 5.56 Å². The molecule has 1 heterocycles. The summed E-state index contributed by atoms with van der Waals surface area (Å²) in [6, 6.07) is 5.17. The van der Waals surface area contributed by atoms with Crippen LogP contribution in [-0.4, -0.2) is 45.8 Å². The van der Waals surface area contributed by atoms with E-state index in [4.69, 9.17) is 5.73 Å². The van der Waals surface area contributed by atoms with Crippen molar-refractivity contribution in [1.29, 1.82) is 0 Å². The van der Waals surface area contributed by atoms with Crippen LogP contribution < -0.4 is 10.6 Å². The van der Waals surface area contributed by atoms with Gasteiger partial charge in [0.2, 0.25) is 15.9 Å². The molecule has 0 fully saturated rings. The lowest BCUT2D eigenvalue weighted by atomic mass is 10.2. The molecule has 0 radical (unpaired) electrons. The van der Waals surface area contributed by atoms with Crippen molar-refractivity contribution < 1.29 is 13.2 Å². The van der Waals surface area contributed by atoms with Gasteiger partial charge in [-0.15, -0.1) is 0 Å². The van der Waals surface area contributed by atoms with Gasteiger partial charge >= 0.3 is 0 Å². The molecular weight excluding hydrogens is 266 g/mol. The molecule has 0 saturated carbocycles. The molecule has 7 heteroatoms. The van der Waals surface area contributed by atoms with Gasteiger partial charge in [-0.2, -0.15) is 0 Å². The zero-order valence-electron chi connectivity index (χ0n) is 11.0. The van der Waals surface area contributed by atoms with E-state index in [-0.39, 0.29) is 11.4 Å². The molecule has 0 spiro atoms. The highest BCUT2D eigenvalue weighted by molar-refractivity contribution is 7.89. The summed E-state index contributed by atoms with van der Waals surface area (Å²) in [6.07, 6.45) is 0.722. The Kier molecular flexibility index (Phi) is 3.51. The maximum Gasteiger partial charge on any atom is 0.244 e. The lowest BCUT2D eigenvalue weighted by Gasteiger charge is -2.22. The van der Waals surface area contributed by atoms with E-state index in [9.17, 15) is 13.2 Å². The smallest absolute Gasteiger partial charge is 0.244 e. The first kappa shape index (κ1) is 13.8. The number of para-hydroxylation sites is 1. The summed E-state index contributed by atoms with van der Waals surface area (Å²) in [5.74, 6) is -0.468. The number of hydrogen-bond donors (Lipinski definition) is 1. The van der Waals surface area contributed by atoms with Gasteiger partial charge in [0.1, 0.15) is 4.90 Å². The van der Waals surface area contributed by atoms with Crippen molar-refractivity contribution in [3.8, 4) is 0 Å². The number of amides is 1. The van der Waals surface area contributed by atoms with E-state index in [2.05, 4.69) is 0 Å². The van der Waals surface area contributed by atoms with Crippen LogP contribution in [0.15, 0.2) is 23.1 Å². The van der Waals surface area contributed by atoms with Crippen LogP contribution in [-0.2, 0) is 21.2 Å². The lowest BCUT2D eigenvalue weighted by molar-refractivity contribution is -0.116. The molecule has 6 nitrogen and oxygen atoms in total. The van der Waals surface area contributed by atoms with Gasteiger partial charge in [-0.05, 0) is 18.1 Å². The Morgan fingerprint density at radius 3 is 2.68 bits per heavy atom. The topological polar surface area (TPSA) is 83.7 Å². The van der Waals surface area contributed by atoms with E-state index in [0.29, 0.717) is 12.2 Å². The summed E-state index contributed by atoms with van der Waals surface area (Å²) in [7, 11) is -0.555. The molecule has 0 saturated heterocycles. The fourth-order valence-electron chi connectivity index (χ4n) is 2.25. The lowest BCUT2D eigenvalue weighted by Crippen LogP contribution is -2.34. The number of primary amides is 1. The Labute approximate surface area is 112 Å². The third kappa shape index (κ3) is 2.43. The maximum absolute atomic E-state index is 12.3. The fourth-order valence-corrected chi connectivity index (χ4v) is 3.40. The maximum atomic E-state index is 12.3. The van der Waals surface area contributed by atoms with Crippen LogP contribution >= 0.6 is 0 Å². The van der Waals surface area contributed by atoms with Crippen molar-refractivity contribution in [2.75, 3.05) is 32.1 Å². The van der Waals surface area contributed by atoms with Crippen molar-refractivity contribution in [3.05, 3.63) is 23.8 Å². The highest BCUT2D eigenvalue weighted by Crippen LogP contribution is 2.35. The number of rotatable bonds is 4. The Morgan fingerprint density at radius 1 is 1.42 bits per heavy atom. The second kappa shape index (κ2) is 4.82. The van der Waals surface area contributed by atoms with E-state index in [1.807, 2.05) is 6.07 Å². The number of benzene rings is 1. The van der Waals surface area contributed by atoms with Crippen LogP contribution in [0.4, 0.5) is 5.69 Å². The summed E-state index contributed by atoms with van der Waals surface area (Å²) < 4.78 is 25.8. The monoisotopic (exact) mass is 283 g/mol. The van der Waals surface area contributed by atoms with E-state index in [0.717, 1.165) is 12.0 Å². The average molecular weight is 283 g/mol. The van der Waals surface area contributed by atoms with Gasteiger partial charge in [-0.3, -0.25) is 4.79 Å². The van der Waals surface area contributed by atoms with Gasteiger partial charge in [0, 0.05) is 20.6 Å². The summed E-state index contributed by atoms with van der Waals surface area (Å²) >= 11 is 0. The number of carbonyl (C=O) groups is 1. The van der Waals surface area contributed by atoms with E-state index in [1.165, 1.54) is 18.4 Å². The zero-order valence-corrected chi connectivity index (χ0v) is 11.8. The number of carbonyl (C=O) groups excluding carboxylic acids is 1. The summed E-state index contributed by atoms with van der Waals surface area (Å²) in [4.78, 5) is 13.0. The van der Waals surface area contributed by atoms with E-state index >= 15 is 0 Å². The quantitative estimate of drug-likeness (QED) is 0.828. The third-order valence-corrected chi connectivity index (χ3v) is 5.00. The Balaban J connectivity index is 2.55. The largest absolute Gasteiger partial charge is 0.368 e. The number of nitrogens with zero attached hydrogens (tertiary/aromatic N) is 2. The Morgan fingerprint density at radius 2 is 2.11 bits per heavy atom. The molecule has 1 aromatic carbocycles. The van der Waals surface area contributed by atoms with Gasteiger partial charge in [0.15, 0.2) is 0 Å². The van der Waals surface area contributed by atoms with Gasteiger partial charge in [-0.1, -0.05) is 12.1 Å². The van der Waals surface area contributed by atoms with Crippen LogP contribution in [0, 0.1) is 0 Å². The van der Waals surface area contributed by atoms with Crippen molar-refractivity contribution >= 4 is 21.6 Å². The molecule has 1 amide bonds. The minimum Gasteiger partial charge on any atom is -0.368 e. The standard InChI is InChI=1S/C12H17N3O3S/c1-14(2)19(17,18)10-5-3-4-9-6-7-15(12(9)10)8-11(13)16/h3-5H,6-8H2,1-2H3,(H2,13,16). The summed E-state index contributed by atoms with van der Waals surface area (Å²) in [6.45, 7) is 0.644. The minimum absolute atomic E-state index is 0.0347. The number of hydrogen-bond acceptors (Lipinski definition) is 4. The van der Waals surface area contributed by atoms with E-state index in [1.54, 1.807) is 17.0 Å². The highest BCUT2D eigenvalue weighted by Gasteiger charge is 2.30. The van der Waals surface area contributed by atoms with Crippen LogP contribution in [0.25, 0.3) is 0 Å². The van der Waals surface area contributed by atoms with Crippen molar-refractivity contribution in [2.24, 2.45) is 5.73 Å². The SMILES string of the molecule is CN(C)S(=O)(=O)c1cccc2c1N(CC(N)=O)CC2. The van der Waals surface area contributed by atoms with Crippen LogP contribution in [0.3, 0.4) is 0 Å². The van der Waals surface area contributed by atoms with Crippen LogP contribution in [0.5, 0.6) is 0 Å². The van der Waals surface area contributed by atoms with Crippen molar-refractivity contribution in [2.45, 2.75) is 11.3 Å². The molecule has 0 bridgehead atoms. The second-order valence-corrected chi connectivity index (χ2v) is 6.81. The fraction of sp³-hybridized carbons (Fsp3) is 0.417. The zero-order chi connectivity index (χ0) is 14.2. The first-order valence-corrected chi connectivity index (χ1v) is 7.35. The first-order valence-electron chi connectivity index (χ1n) is 5.91.